The number of quaternary nitrogens is 1. The number of fused-ring (bicyclic) bond motifs is 1. The van der Waals surface area contributed by atoms with Gasteiger partial charge in [-0.1, -0.05) is 23.9 Å². The van der Waals surface area contributed by atoms with Crippen molar-refractivity contribution in [2.75, 3.05) is 26.3 Å². The van der Waals surface area contributed by atoms with Crippen molar-refractivity contribution < 1.29 is 28.7 Å². The zero-order chi connectivity index (χ0) is 19.0. The third-order valence-corrected chi connectivity index (χ3v) is 4.98. The van der Waals surface area contributed by atoms with Crippen LogP contribution in [0.25, 0.3) is 6.08 Å². The zero-order valence-corrected chi connectivity index (χ0v) is 15.0. The summed E-state index contributed by atoms with van der Waals surface area (Å²) in [6.45, 7) is 5.15. The standard InChI is InChI=1S/C21H20FNO4/c1-13-9-17(24)16(12-23-5-7-26-8-6-23)21-19(13)20(25)18(27-21)11-14-3-2-4-15(22)10-14/h2-4,9-11,24H,5-8,12H2,1H3. The van der Waals surface area contributed by atoms with Crippen LogP contribution in [0, 0.1) is 12.7 Å². The second-order valence-corrected chi connectivity index (χ2v) is 6.91. The smallest absolute Gasteiger partial charge is 0.232 e. The van der Waals surface area contributed by atoms with Gasteiger partial charge in [0.25, 0.3) is 0 Å². The van der Waals surface area contributed by atoms with Gasteiger partial charge < -0.3 is 19.5 Å². The molecule has 0 aliphatic carbocycles. The Bertz CT molecular complexity index is 932. The van der Waals surface area contributed by atoms with E-state index in [1.54, 1.807) is 19.1 Å². The van der Waals surface area contributed by atoms with Gasteiger partial charge in [0.15, 0.2) is 5.76 Å². The molecule has 4 rings (SSSR count). The van der Waals surface area contributed by atoms with Crippen LogP contribution in [0.4, 0.5) is 4.39 Å². The van der Waals surface area contributed by atoms with Gasteiger partial charge >= 0.3 is 0 Å². The lowest BCUT2D eigenvalue weighted by molar-refractivity contribution is -0.921. The highest BCUT2D eigenvalue weighted by Gasteiger charge is 2.33. The molecule has 0 spiro atoms. The molecular formula is C21H20FNO4. The van der Waals surface area contributed by atoms with E-state index in [4.69, 9.17) is 9.47 Å². The molecule has 0 atom stereocenters. The molecule has 0 aromatic heterocycles. The van der Waals surface area contributed by atoms with E-state index in [0.717, 1.165) is 13.1 Å². The molecule has 0 amide bonds. The molecule has 140 valence electrons. The first-order chi connectivity index (χ1) is 13.0. The molecule has 1 N–H and O–H groups in total. The lowest BCUT2D eigenvalue weighted by Gasteiger charge is -2.26. The largest absolute Gasteiger partial charge is 0.872 e. The maximum atomic E-state index is 13.4. The SMILES string of the molecule is Cc1cc([O-])c(C[NH+]2CCOCC2)c2c1C(=O)C(=Cc1cccc(F)c1)O2. The minimum atomic E-state index is -0.387. The highest BCUT2D eigenvalue weighted by Crippen LogP contribution is 2.40. The predicted octanol–water partition coefficient (Wildman–Crippen LogP) is 1.24. The van der Waals surface area contributed by atoms with E-state index in [1.807, 2.05) is 0 Å². The van der Waals surface area contributed by atoms with Crippen LogP contribution >= 0.6 is 0 Å². The van der Waals surface area contributed by atoms with Gasteiger partial charge in [0.1, 0.15) is 31.2 Å². The van der Waals surface area contributed by atoms with E-state index in [9.17, 15) is 14.3 Å². The number of hydrogen-bond acceptors (Lipinski definition) is 4. The van der Waals surface area contributed by atoms with Crippen LogP contribution in [0.15, 0.2) is 36.1 Å². The molecule has 1 saturated heterocycles. The molecule has 0 unspecified atom stereocenters. The fraction of sp³-hybridized carbons (Fsp3) is 0.286. The van der Waals surface area contributed by atoms with E-state index in [0.29, 0.717) is 47.8 Å². The first-order valence-electron chi connectivity index (χ1n) is 8.97. The van der Waals surface area contributed by atoms with Crippen molar-refractivity contribution in [1.29, 1.82) is 0 Å². The number of ether oxygens (including phenoxy) is 2. The van der Waals surface area contributed by atoms with Crippen LogP contribution in [-0.2, 0) is 11.3 Å². The Balaban J connectivity index is 1.71. The Morgan fingerprint density at radius 2 is 2.04 bits per heavy atom. The molecule has 2 aliphatic rings. The average Bonchev–Trinajstić information content (AvgIpc) is 2.96. The van der Waals surface area contributed by atoms with Gasteiger partial charge in [-0.05, 0) is 36.3 Å². The van der Waals surface area contributed by atoms with E-state index in [2.05, 4.69) is 0 Å². The number of hydrogen-bond donors (Lipinski definition) is 1. The van der Waals surface area contributed by atoms with Crippen molar-refractivity contribution in [3.63, 3.8) is 0 Å². The molecule has 0 bridgehead atoms. The summed E-state index contributed by atoms with van der Waals surface area (Å²) < 4.78 is 24.6. The lowest BCUT2D eigenvalue weighted by atomic mass is 9.99. The Morgan fingerprint density at radius 1 is 1.26 bits per heavy atom. The summed E-state index contributed by atoms with van der Waals surface area (Å²) >= 11 is 0. The number of morpholine rings is 1. The third kappa shape index (κ3) is 3.46. The molecule has 0 radical (unpaired) electrons. The van der Waals surface area contributed by atoms with Gasteiger partial charge in [-0.15, -0.1) is 0 Å². The van der Waals surface area contributed by atoms with E-state index < -0.39 is 0 Å². The van der Waals surface area contributed by atoms with E-state index in [-0.39, 0.29) is 23.1 Å². The molecule has 2 heterocycles. The number of carbonyl (C=O) groups excluding carboxylic acids is 1. The fourth-order valence-corrected chi connectivity index (χ4v) is 3.57. The molecule has 5 nitrogen and oxygen atoms in total. The number of carbonyl (C=O) groups is 1. The third-order valence-electron chi connectivity index (χ3n) is 4.98. The maximum Gasteiger partial charge on any atom is 0.232 e. The Morgan fingerprint density at radius 3 is 2.78 bits per heavy atom. The monoisotopic (exact) mass is 369 g/mol. The van der Waals surface area contributed by atoms with Gasteiger partial charge in [-0.2, -0.15) is 0 Å². The molecule has 2 aromatic carbocycles. The molecule has 6 heteroatoms. The Labute approximate surface area is 156 Å². The Hall–Kier alpha value is -2.70. The number of aryl methyl sites for hydroxylation is 1. The summed E-state index contributed by atoms with van der Waals surface area (Å²) in [5.41, 5.74) is 2.08. The number of halogens is 1. The first-order valence-corrected chi connectivity index (χ1v) is 8.97. The second kappa shape index (κ2) is 7.13. The van der Waals surface area contributed by atoms with Crippen LogP contribution in [0.1, 0.15) is 27.0 Å². The van der Waals surface area contributed by atoms with E-state index >= 15 is 0 Å². The summed E-state index contributed by atoms with van der Waals surface area (Å²) in [6, 6.07) is 7.44. The van der Waals surface area contributed by atoms with Crippen LogP contribution in [0.3, 0.4) is 0 Å². The summed E-state index contributed by atoms with van der Waals surface area (Å²) in [4.78, 5) is 14.1. The number of ketones is 1. The molecular weight excluding hydrogens is 349 g/mol. The normalized spacial score (nSPS) is 18.6. The molecule has 2 aromatic rings. The van der Waals surface area contributed by atoms with Crippen molar-refractivity contribution >= 4 is 11.9 Å². The van der Waals surface area contributed by atoms with E-state index in [1.165, 1.54) is 29.2 Å². The minimum Gasteiger partial charge on any atom is -0.872 e. The first kappa shape index (κ1) is 17.7. The van der Waals surface area contributed by atoms with Gasteiger partial charge in [-0.25, -0.2) is 4.39 Å². The Kier molecular flexibility index (Phi) is 4.68. The van der Waals surface area contributed by atoms with Crippen LogP contribution < -0.4 is 14.7 Å². The summed E-state index contributed by atoms with van der Waals surface area (Å²) in [7, 11) is 0. The fourth-order valence-electron chi connectivity index (χ4n) is 3.57. The quantitative estimate of drug-likeness (QED) is 0.827. The van der Waals surface area contributed by atoms with Crippen LogP contribution in [0.2, 0.25) is 0 Å². The second-order valence-electron chi connectivity index (χ2n) is 6.91. The summed E-state index contributed by atoms with van der Waals surface area (Å²) in [5.74, 6) is -0.314. The highest BCUT2D eigenvalue weighted by atomic mass is 19.1. The molecule has 2 aliphatic heterocycles. The molecule has 0 saturated carbocycles. The van der Waals surface area contributed by atoms with Crippen molar-refractivity contribution in [2.45, 2.75) is 13.5 Å². The van der Waals surface area contributed by atoms with Gasteiger partial charge in [0.05, 0.1) is 18.8 Å². The number of allylic oxidation sites excluding steroid dienone is 1. The lowest BCUT2D eigenvalue weighted by Crippen LogP contribution is -3.12. The number of benzene rings is 2. The van der Waals surface area contributed by atoms with Crippen LogP contribution in [0.5, 0.6) is 11.5 Å². The summed E-state index contributed by atoms with van der Waals surface area (Å²) in [6.07, 6.45) is 1.51. The van der Waals surface area contributed by atoms with Crippen molar-refractivity contribution in [3.05, 3.63) is 64.2 Å². The van der Waals surface area contributed by atoms with Gasteiger partial charge in [0.2, 0.25) is 5.78 Å². The van der Waals surface area contributed by atoms with Crippen molar-refractivity contribution in [1.82, 2.24) is 0 Å². The van der Waals surface area contributed by atoms with Gasteiger partial charge in [0, 0.05) is 5.56 Å². The zero-order valence-electron chi connectivity index (χ0n) is 15.0. The number of rotatable bonds is 3. The minimum absolute atomic E-state index is 0.113. The average molecular weight is 369 g/mol. The number of nitrogens with one attached hydrogen (secondary N) is 1. The van der Waals surface area contributed by atoms with Crippen molar-refractivity contribution in [2.24, 2.45) is 0 Å². The molecule has 27 heavy (non-hydrogen) atoms. The van der Waals surface area contributed by atoms with Crippen molar-refractivity contribution in [3.8, 4) is 11.5 Å². The number of Topliss-reactive ketones (excluding diaryl/α,β-unsaturated/α-hetero) is 1. The highest BCUT2D eigenvalue weighted by molar-refractivity contribution is 6.15. The van der Waals surface area contributed by atoms with Crippen LogP contribution in [-0.4, -0.2) is 32.1 Å². The predicted molar refractivity (Wildman–Crippen MR) is 95.2 cm³/mol. The van der Waals surface area contributed by atoms with Gasteiger partial charge in [-0.3, -0.25) is 4.79 Å². The maximum absolute atomic E-state index is 13.4. The summed E-state index contributed by atoms with van der Waals surface area (Å²) in [5, 5.41) is 12.6. The topological polar surface area (TPSA) is 63.0 Å². The molecule has 1 fully saturated rings.